The first-order chi connectivity index (χ1) is 14.2. The van der Waals surface area contributed by atoms with Crippen LogP contribution in [0, 0.1) is 0 Å². The molecule has 0 heterocycles. The summed E-state index contributed by atoms with van der Waals surface area (Å²) in [7, 11) is 3.11. The first kappa shape index (κ1) is 19.9. The van der Waals surface area contributed by atoms with Crippen LogP contribution in [0.15, 0.2) is 77.9 Å². The van der Waals surface area contributed by atoms with E-state index in [9.17, 15) is 4.79 Å². The largest absolute Gasteiger partial charge is 0.493 e. The van der Waals surface area contributed by atoms with Crippen molar-refractivity contribution in [1.29, 1.82) is 0 Å². The minimum atomic E-state index is -0.322. The fourth-order valence-electron chi connectivity index (χ4n) is 2.68. The van der Waals surface area contributed by atoms with E-state index in [2.05, 4.69) is 10.5 Å². The average Bonchev–Trinajstić information content (AvgIpc) is 2.78. The SMILES string of the molecule is COc1cccc(/C=N/NC(=O)c2ccc(OCc3ccccc3)cc2)c1OC. The lowest BCUT2D eigenvalue weighted by atomic mass is 10.2. The molecule has 0 aliphatic rings. The number of hydrazone groups is 1. The van der Waals surface area contributed by atoms with Gasteiger partial charge in [-0.15, -0.1) is 0 Å². The first-order valence-corrected chi connectivity index (χ1v) is 9.02. The highest BCUT2D eigenvalue weighted by atomic mass is 16.5. The minimum absolute atomic E-state index is 0.322. The predicted molar refractivity (Wildman–Crippen MR) is 112 cm³/mol. The van der Waals surface area contributed by atoms with Gasteiger partial charge in [0, 0.05) is 11.1 Å². The number of carbonyl (C=O) groups is 1. The molecule has 148 valence electrons. The third-order valence-corrected chi connectivity index (χ3v) is 4.17. The molecule has 0 bridgehead atoms. The highest BCUT2D eigenvalue weighted by Crippen LogP contribution is 2.29. The molecule has 0 aliphatic carbocycles. The zero-order valence-electron chi connectivity index (χ0n) is 16.3. The van der Waals surface area contributed by atoms with Crippen LogP contribution in [0.5, 0.6) is 17.2 Å². The second-order valence-electron chi connectivity index (χ2n) is 6.08. The third-order valence-electron chi connectivity index (χ3n) is 4.17. The number of benzene rings is 3. The molecule has 3 aromatic rings. The van der Waals surface area contributed by atoms with E-state index in [1.807, 2.05) is 42.5 Å². The maximum atomic E-state index is 12.3. The van der Waals surface area contributed by atoms with Crippen molar-refractivity contribution in [3.05, 3.63) is 89.5 Å². The summed E-state index contributed by atoms with van der Waals surface area (Å²) in [6, 6.07) is 22.2. The fourth-order valence-corrected chi connectivity index (χ4v) is 2.68. The summed E-state index contributed by atoms with van der Waals surface area (Å²) >= 11 is 0. The van der Waals surface area contributed by atoms with Gasteiger partial charge in [0.15, 0.2) is 11.5 Å². The number of nitrogens with zero attached hydrogens (tertiary/aromatic N) is 1. The Labute approximate surface area is 169 Å². The van der Waals surface area contributed by atoms with Crippen molar-refractivity contribution in [2.45, 2.75) is 6.61 Å². The number of hydrogen-bond donors (Lipinski definition) is 1. The Kier molecular flexibility index (Phi) is 6.84. The van der Waals surface area contributed by atoms with Gasteiger partial charge in [-0.25, -0.2) is 5.43 Å². The van der Waals surface area contributed by atoms with Crippen LogP contribution in [0.1, 0.15) is 21.5 Å². The number of para-hydroxylation sites is 1. The van der Waals surface area contributed by atoms with Gasteiger partial charge in [0.25, 0.3) is 5.91 Å². The van der Waals surface area contributed by atoms with Crippen molar-refractivity contribution in [1.82, 2.24) is 5.43 Å². The summed E-state index contributed by atoms with van der Waals surface area (Å²) in [5.41, 5.74) is 4.76. The topological polar surface area (TPSA) is 69.2 Å². The summed E-state index contributed by atoms with van der Waals surface area (Å²) in [6.07, 6.45) is 1.51. The van der Waals surface area contributed by atoms with Crippen molar-refractivity contribution < 1.29 is 19.0 Å². The average molecular weight is 390 g/mol. The minimum Gasteiger partial charge on any atom is -0.493 e. The second kappa shape index (κ2) is 9.94. The van der Waals surface area contributed by atoms with Crippen LogP contribution in [0.4, 0.5) is 0 Å². The van der Waals surface area contributed by atoms with Crippen molar-refractivity contribution in [3.8, 4) is 17.2 Å². The lowest BCUT2D eigenvalue weighted by Crippen LogP contribution is -2.17. The number of nitrogens with one attached hydrogen (secondary N) is 1. The van der Waals surface area contributed by atoms with E-state index >= 15 is 0 Å². The van der Waals surface area contributed by atoms with Crippen LogP contribution < -0.4 is 19.6 Å². The predicted octanol–water partition coefficient (Wildman–Crippen LogP) is 4.05. The van der Waals surface area contributed by atoms with Crippen molar-refractivity contribution in [3.63, 3.8) is 0 Å². The highest BCUT2D eigenvalue weighted by molar-refractivity contribution is 5.95. The van der Waals surface area contributed by atoms with E-state index in [1.165, 1.54) is 6.21 Å². The third kappa shape index (κ3) is 5.35. The maximum Gasteiger partial charge on any atom is 0.271 e. The molecule has 3 aromatic carbocycles. The van der Waals surface area contributed by atoms with Crippen molar-refractivity contribution in [2.75, 3.05) is 14.2 Å². The van der Waals surface area contributed by atoms with Gasteiger partial charge >= 0.3 is 0 Å². The van der Waals surface area contributed by atoms with Crippen LogP contribution in [-0.4, -0.2) is 26.3 Å². The van der Waals surface area contributed by atoms with Gasteiger partial charge in [0.05, 0.1) is 20.4 Å². The number of methoxy groups -OCH3 is 2. The van der Waals surface area contributed by atoms with Gasteiger partial charge in [-0.2, -0.15) is 5.10 Å². The molecule has 0 spiro atoms. The standard InChI is InChI=1S/C23H22N2O4/c1-27-21-10-6-9-19(22(21)28-2)15-24-25-23(26)18-11-13-20(14-12-18)29-16-17-7-4-3-5-8-17/h3-15H,16H2,1-2H3,(H,25,26)/b24-15+. The Morgan fingerprint density at radius 1 is 0.931 bits per heavy atom. The Morgan fingerprint density at radius 2 is 1.69 bits per heavy atom. The molecule has 0 unspecified atom stereocenters. The number of carbonyl (C=O) groups excluding carboxylic acids is 1. The fraction of sp³-hybridized carbons (Fsp3) is 0.130. The molecule has 0 saturated heterocycles. The number of amides is 1. The zero-order chi connectivity index (χ0) is 20.5. The van der Waals surface area contributed by atoms with Gasteiger partial charge < -0.3 is 14.2 Å². The lowest BCUT2D eigenvalue weighted by Gasteiger charge is -2.09. The van der Waals surface area contributed by atoms with Crippen LogP contribution in [0.25, 0.3) is 0 Å². The van der Waals surface area contributed by atoms with Gasteiger partial charge in [0.2, 0.25) is 0 Å². The molecule has 1 N–H and O–H groups in total. The normalized spacial score (nSPS) is 10.6. The Hall–Kier alpha value is -3.80. The van der Waals surface area contributed by atoms with E-state index < -0.39 is 0 Å². The van der Waals surface area contributed by atoms with E-state index in [-0.39, 0.29) is 5.91 Å². The molecule has 0 saturated carbocycles. The molecule has 6 heteroatoms. The van der Waals surface area contributed by atoms with Crippen molar-refractivity contribution in [2.24, 2.45) is 5.10 Å². The molecule has 29 heavy (non-hydrogen) atoms. The molecule has 0 aromatic heterocycles. The molecule has 3 rings (SSSR count). The molecule has 1 amide bonds. The summed E-state index contributed by atoms with van der Waals surface area (Å²) in [6.45, 7) is 0.471. The van der Waals surface area contributed by atoms with Gasteiger partial charge in [-0.1, -0.05) is 36.4 Å². The Balaban J connectivity index is 1.58. The van der Waals surface area contributed by atoms with Gasteiger partial charge in [0.1, 0.15) is 12.4 Å². The van der Waals surface area contributed by atoms with Crippen LogP contribution >= 0.6 is 0 Å². The van der Waals surface area contributed by atoms with E-state index in [1.54, 1.807) is 44.6 Å². The maximum absolute atomic E-state index is 12.3. The summed E-state index contributed by atoms with van der Waals surface area (Å²) in [5, 5.41) is 4.01. The van der Waals surface area contributed by atoms with Crippen LogP contribution in [0.2, 0.25) is 0 Å². The molecule has 6 nitrogen and oxygen atoms in total. The molecular weight excluding hydrogens is 368 g/mol. The van der Waals surface area contributed by atoms with E-state index in [4.69, 9.17) is 14.2 Å². The summed E-state index contributed by atoms with van der Waals surface area (Å²) < 4.78 is 16.3. The number of ether oxygens (including phenoxy) is 3. The van der Waals surface area contributed by atoms with Crippen LogP contribution in [0.3, 0.4) is 0 Å². The van der Waals surface area contributed by atoms with Gasteiger partial charge in [-0.05, 0) is 42.0 Å². The lowest BCUT2D eigenvalue weighted by molar-refractivity contribution is 0.0955. The summed E-state index contributed by atoms with van der Waals surface area (Å²) in [5.74, 6) is 1.51. The van der Waals surface area contributed by atoms with E-state index in [0.29, 0.717) is 35.0 Å². The Bertz CT molecular complexity index is 970. The quantitative estimate of drug-likeness (QED) is 0.465. The molecule has 0 radical (unpaired) electrons. The summed E-state index contributed by atoms with van der Waals surface area (Å²) in [4.78, 5) is 12.3. The van der Waals surface area contributed by atoms with E-state index in [0.717, 1.165) is 5.56 Å². The van der Waals surface area contributed by atoms with Crippen LogP contribution in [-0.2, 0) is 6.61 Å². The molecule has 0 atom stereocenters. The molecule has 0 fully saturated rings. The Morgan fingerprint density at radius 3 is 2.38 bits per heavy atom. The second-order valence-corrected chi connectivity index (χ2v) is 6.08. The monoisotopic (exact) mass is 390 g/mol. The zero-order valence-corrected chi connectivity index (χ0v) is 16.3. The molecule has 0 aliphatic heterocycles. The molecular formula is C23H22N2O4. The van der Waals surface area contributed by atoms with Crippen molar-refractivity contribution >= 4 is 12.1 Å². The first-order valence-electron chi connectivity index (χ1n) is 9.02. The van der Waals surface area contributed by atoms with Gasteiger partial charge in [-0.3, -0.25) is 4.79 Å². The highest BCUT2D eigenvalue weighted by Gasteiger charge is 2.08. The number of hydrogen-bond acceptors (Lipinski definition) is 5. The smallest absolute Gasteiger partial charge is 0.271 e. The number of rotatable bonds is 8.